The summed E-state index contributed by atoms with van der Waals surface area (Å²) in [6.07, 6.45) is 3.68. The summed E-state index contributed by atoms with van der Waals surface area (Å²) in [5.74, 6) is -3.48. The van der Waals surface area contributed by atoms with Crippen molar-refractivity contribution >= 4 is 56.1 Å². The Kier molecular flexibility index (Phi) is 6.70. The van der Waals surface area contributed by atoms with Gasteiger partial charge in [0.2, 0.25) is 17.7 Å². The van der Waals surface area contributed by atoms with Gasteiger partial charge in [-0.15, -0.1) is 0 Å². The van der Waals surface area contributed by atoms with Crippen LogP contribution in [0.5, 0.6) is 11.5 Å². The number of Topliss-reactive ketones (excluding diaryl/α,β-unsaturated/α-hetero) is 1. The van der Waals surface area contributed by atoms with Crippen molar-refractivity contribution in [1.29, 1.82) is 0 Å². The van der Waals surface area contributed by atoms with Gasteiger partial charge < -0.3 is 14.3 Å². The number of amides is 2. The maximum atomic E-state index is 14.3. The van der Waals surface area contributed by atoms with Crippen molar-refractivity contribution in [3.63, 3.8) is 0 Å². The fraction of sp³-hybridized carbons (Fsp3) is 0.216. The highest BCUT2D eigenvalue weighted by Gasteiger charge is 2.57. The number of hydrogen-bond donors (Lipinski definition) is 1. The molecule has 4 atom stereocenters. The zero-order valence-corrected chi connectivity index (χ0v) is 26.9. The van der Waals surface area contributed by atoms with Gasteiger partial charge >= 0.3 is 0 Å². The Labute approximate surface area is 277 Å². The molecule has 10 heteroatoms. The molecule has 1 aromatic heterocycles. The highest BCUT2D eigenvalue weighted by atomic mass is 79.9. The van der Waals surface area contributed by atoms with E-state index in [4.69, 9.17) is 9.15 Å². The summed E-state index contributed by atoms with van der Waals surface area (Å²) in [6.45, 7) is 1.60. The molecule has 3 aromatic carbocycles. The first kappa shape index (κ1) is 29.3. The average Bonchev–Trinajstić information content (AvgIpc) is 3.62. The van der Waals surface area contributed by atoms with E-state index in [0.29, 0.717) is 49.5 Å². The molecule has 2 heterocycles. The van der Waals surface area contributed by atoms with E-state index in [0.717, 1.165) is 11.1 Å². The molecule has 0 spiro atoms. The van der Waals surface area contributed by atoms with Gasteiger partial charge in [0, 0.05) is 38.2 Å². The maximum absolute atomic E-state index is 14.3. The van der Waals surface area contributed by atoms with E-state index in [1.54, 1.807) is 43.3 Å². The van der Waals surface area contributed by atoms with Gasteiger partial charge in [0.25, 0.3) is 0 Å². The van der Waals surface area contributed by atoms with Crippen molar-refractivity contribution < 1.29 is 33.4 Å². The molecule has 8 rings (SSSR count). The van der Waals surface area contributed by atoms with Gasteiger partial charge in [-0.2, -0.15) is 0 Å². The lowest BCUT2D eigenvalue weighted by molar-refractivity contribution is -0.123. The third kappa shape index (κ3) is 4.38. The van der Waals surface area contributed by atoms with Crippen LogP contribution in [0.2, 0.25) is 0 Å². The van der Waals surface area contributed by atoms with Crippen molar-refractivity contribution in [3.8, 4) is 23.0 Å². The van der Waals surface area contributed by atoms with Crippen molar-refractivity contribution in [1.82, 2.24) is 4.98 Å². The van der Waals surface area contributed by atoms with Crippen LogP contribution in [0, 0.1) is 17.8 Å². The van der Waals surface area contributed by atoms with E-state index in [1.165, 1.54) is 18.1 Å². The second-order valence-corrected chi connectivity index (χ2v) is 13.2. The summed E-state index contributed by atoms with van der Waals surface area (Å²) >= 11 is 3.49. The number of benzene rings is 3. The molecule has 9 nitrogen and oxygen atoms in total. The molecule has 1 N–H and O–H groups in total. The van der Waals surface area contributed by atoms with Crippen LogP contribution >= 0.6 is 15.9 Å². The number of halogens is 1. The van der Waals surface area contributed by atoms with Crippen LogP contribution < -0.4 is 9.64 Å². The van der Waals surface area contributed by atoms with Crippen LogP contribution in [0.1, 0.15) is 31.2 Å². The zero-order valence-electron chi connectivity index (χ0n) is 25.3. The third-order valence-corrected chi connectivity index (χ3v) is 10.3. The van der Waals surface area contributed by atoms with Crippen molar-refractivity contribution in [2.75, 3.05) is 12.0 Å². The third-order valence-electron chi connectivity index (χ3n) is 9.83. The fourth-order valence-electron chi connectivity index (χ4n) is 7.71. The van der Waals surface area contributed by atoms with Crippen LogP contribution in [0.15, 0.2) is 104 Å². The molecule has 4 aliphatic rings. The number of aromatic nitrogens is 1. The summed E-state index contributed by atoms with van der Waals surface area (Å²) in [5, 5.41) is 11.3. The molecule has 234 valence electrons. The Bertz CT molecular complexity index is 2140. The molecule has 0 bridgehead atoms. The van der Waals surface area contributed by atoms with E-state index < -0.39 is 23.7 Å². The summed E-state index contributed by atoms with van der Waals surface area (Å²) in [5.41, 5.74) is 4.58. The predicted octanol–water partition coefficient (Wildman–Crippen LogP) is 6.61. The number of imide groups is 1. The van der Waals surface area contributed by atoms with Crippen molar-refractivity contribution in [2.45, 2.75) is 25.7 Å². The highest BCUT2D eigenvalue weighted by Crippen LogP contribution is 2.57. The van der Waals surface area contributed by atoms with Gasteiger partial charge in [0.1, 0.15) is 5.52 Å². The van der Waals surface area contributed by atoms with Crippen molar-refractivity contribution in [2.24, 2.45) is 17.8 Å². The normalized spacial score (nSPS) is 23.9. The number of nitrogens with zero attached hydrogens (tertiary/aromatic N) is 2. The number of carbonyl (C=O) groups excluding carboxylic acids is 4. The zero-order chi connectivity index (χ0) is 32.7. The number of anilines is 1. The lowest BCUT2D eigenvalue weighted by Crippen LogP contribution is -2.39. The molecule has 0 unspecified atom stereocenters. The van der Waals surface area contributed by atoms with Crippen LogP contribution in [-0.4, -0.2) is 40.6 Å². The molecule has 1 aliphatic heterocycles. The molecule has 47 heavy (non-hydrogen) atoms. The molecule has 4 aromatic rings. The van der Waals surface area contributed by atoms with E-state index in [-0.39, 0.29) is 47.7 Å². The first-order chi connectivity index (χ1) is 22.7. The number of allylic oxidation sites excluding steroid dienone is 6. The minimum Gasteiger partial charge on any atom is -0.504 e. The second-order valence-electron chi connectivity index (χ2n) is 12.3. The van der Waals surface area contributed by atoms with Gasteiger partial charge in [-0.25, -0.2) is 4.98 Å². The summed E-state index contributed by atoms with van der Waals surface area (Å²) < 4.78 is 11.9. The number of fused-ring (bicyclic) bond motifs is 4. The molecule has 0 radical (unpaired) electrons. The molecule has 2 amide bonds. The quantitative estimate of drug-likeness (QED) is 0.144. The first-order valence-electron chi connectivity index (χ1n) is 15.3. The fourth-order valence-corrected chi connectivity index (χ4v) is 8.17. The summed E-state index contributed by atoms with van der Waals surface area (Å²) in [6, 6.07) is 17.7. The van der Waals surface area contributed by atoms with E-state index in [2.05, 4.69) is 20.9 Å². The number of phenolic OH excluding ortho intramolecular Hbond substituents is 1. The minimum atomic E-state index is -0.801. The van der Waals surface area contributed by atoms with Crippen LogP contribution in [0.4, 0.5) is 5.69 Å². The van der Waals surface area contributed by atoms with Crippen LogP contribution in [0.25, 0.3) is 22.6 Å². The lowest BCUT2D eigenvalue weighted by Gasteiger charge is -2.42. The van der Waals surface area contributed by atoms with E-state index in [9.17, 15) is 24.3 Å². The van der Waals surface area contributed by atoms with Gasteiger partial charge in [-0.1, -0.05) is 39.7 Å². The lowest BCUT2D eigenvalue weighted by atomic mass is 9.59. The Morgan fingerprint density at radius 2 is 1.77 bits per heavy atom. The van der Waals surface area contributed by atoms with Gasteiger partial charge in [0.05, 0.1) is 24.6 Å². The number of methoxy groups -OCH3 is 1. The summed E-state index contributed by atoms with van der Waals surface area (Å²) in [7, 11) is 1.43. The number of aromatic hydroxyl groups is 1. The molecule has 3 aliphatic carbocycles. The smallest absolute Gasteiger partial charge is 0.238 e. The minimum absolute atomic E-state index is 0.143. The van der Waals surface area contributed by atoms with E-state index in [1.807, 2.05) is 30.3 Å². The predicted molar refractivity (Wildman–Crippen MR) is 176 cm³/mol. The topological polar surface area (TPSA) is 127 Å². The van der Waals surface area contributed by atoms with Gasteiger partial charge in [-0.05, 0) is 80.3 Å². The van der Waals surface area contributed by atoms with Gasteiger partial charge in [-0.3, -0.25) is 24.1 Å². The number of carbonyl (C=O) groups is 4. The SMILES string of the molecule is COc1cc(Br)cc([C@H]2C3=CC[C@@H]4C(=O)N(c5ccc(-c6nc7ccccc7o6)cc5)C(=O)[C@@H]4[C@@H]3CC3=C2C(=O)C=C(C)C3=O)c1O. The molecule has 1 fully saturated rings. The van der Waals surface area contributed by atoms with Gasteiger partial charge in [0.15, 0.2) is 28.6 Å². The molecular weight excluding hydrogens is 664 g/mol. The van der Waals surface area contributed by atoms with Crippen LogP contribution in [-0.2, 0) is 19.2 Å². The largest absolute Gasteiger partial charge is 0.504 e. The Morgan fingerprint density at radius 3 is 2.51 bits per heavy atom. The monoisotopic (exact) mass is 690 g/mol. The number of ketones is 2. The first-order valence-corrected chi connectivity index (χ1v) is 16.1. The second kappa shape index (κ2) is 10.7. The number of hydrogen-bond acceptors (Lipinski definition) is 8. The number of rotatable bonds is 4. The molecule has 1 saturated heterocycles. The van der Waals surface area contributed by atoms with Crippen molar-refractivity contribution in [3.05, 3.63) is 105 Å². The number of ether oxygens (including phenoxy) is 1. The molecular formula is C37H27BrN2O7. The Balaban J connectivity index is 1.18. The standard InChI is InChI=1S/C37H27BrN2O7/c1-17-13-27(41)32-25(33(17)42)16-23-21(30(32)24-14-19(38)15-29(46-2)34(24)43)11-12-22-31(23)37(45)40(36(22)44)20-9-7-18(8-10-20)35-39-26-5-3-4-6-28(26)47-35/h3-11,13-15,22-23,30-31,43H,12,16H2,1-2H3/t22-,23+,30+,31-/m0/s1. The number of para-hydroxylation sites is 2. The molecule has 0 saturated carbocycles. The maximum Gasteiger partial charge on any atom is 0.238 e. The Morgan fingerprint density at radius 1 is 1.00 bits per heavy atom. The van der Waals surface area contributed by atoms with Crippen LogP contribution in [0.3, 0.4) is 0 Å². The highest BCUT2D eigenvalue weighted by molar-refractivity contribution is 9.10. The summed E-state index contributed by atoms with van der Waals surface area (Å²) in [4.78, 5) is 61.2. The average molecular weight is 692 g/mol. The number of oxazole rings is 1. The van der Waals surface area contributed by atoms with E-state index >= 15 is 0 Å². The Hall–Kier alpha value is -5.09. The number of phenols is 1.